The molecule has 32 heavy (non-hydrogen) atoms. The maximum atomic E-state index is 13.3. The van der Waals surface area contributed by atoms with Crippen LogP contribution >= 0.6 is 0 Å². The van der Waals surface area contributed by atoms with E-state index in [-0.39, 0.29) is 22.6 Å². The van der Waals surface area contributed by atoms with Crippen LogP contribution in [0.15, 0.2) is 30.3 Å². The predicted octanol–water partition coefficient (Wildman–Crippen LogP) is 0.0381. The number of hydrogen-bond acceptors (Lipinski definition) is 11. The summed E-state index contributed by atoms with van der Waals surface area (Å²) in [5.41, 5.74) is -0.1000. The lowest BCUT2D eigenvalue weighted by atomic mass is 9.92. The molecule has 2 heterocycles. The van der Waals surface area contributed by atoms with Crippen molar-refractivity contribution >= 4 is 5.78 Å². The van der Waals surface area contributed by atoms with Crippen molar-refractivity contribution in [2.75, 3.05) is 0 Å². The number of carbonyl (C=O) groups is 1. The summed E-state index contributed by atoms with van der Waals surface area (Å²) in [6.45, 7) is 1.44. The molecule has 2 aromatic carbocycles. The molecule has 172 valence electrons. The van der Waals surface area contributed by atoms with Crippen LogP contribution < -0.4 is 4.74 Å². The minimum atomic E-state index is -1.71. The lowest BCUT2D eigenvalue weighted by Gasteiger charge is -2.42. The van der Waals surface area contributed by atoms with E-state index in [1.165, 1.54) is 19.1 Å². The summed E-state index contributed by atoms with van der Waals surface area (Å²) in [5, 5.41) is 69.7. The molecular formula is C21H22O11. The molecule has 4 rings (SSSR count). The second-order valence-electron chi connectivity index (χ2n) is 7.73. The first-order valence-corrected chi connectivity index (χ1v) is 9.72. The Balaban J connectivity index is 1.75. The minimum Gasteiger partial charge on any atom is -0.508 e. The number of rotatable bonds is 3. The van der Waals surface area contributed by atoms with E-state index in [0.29, 0.717) is 0 Å². The second-order valence-corrected chi connectivity index (χ2v) is 7.73. The van der Waals surface area contributed by atoms with E-state index in [9.17, 15) is 40.5 Å². The lowest BCUT2D eigenvalue weighted by Crippen LogP contribution is -2.59. The molecule has 2 aromatic rings. The Hall–Kier alpha value is -3.09. The van der Waals surface area contributed by atoms with Crippen molar-refractivity contribution in [1.82, 2.24) is 0 Å². The SMILES string of the molecule is C[C@@H]1O[C@@H](O[C@@H]2C(=O)c3c(O)cc(O)cc3O[C@H]2c2ccc(O)c(O)c2)[C@@H](O)[C@@H](O)[C@H]1O. The molecule has 0 spiro atoms. The van der Waals surface area contributed by atoms with Crippen molar-refractivity contribution in [2.45, 2.75) is 49.8 Å². The second kappa shape index (κ2) is 8.11. The first-order chi connectivity index (χ1) is 15.1. The third kappa shape index (κ3) is 3.70. The monoisotopic (exact) mass is 450 g/mol. The van der Waals surface area contributed by atoms with Gasteiger partial charge < -0.3 is 50.0 Å². The number of phenols is 4. The predicted molar refractivity (Wildman–Crippen MR) is 104 cm³/mol. The normalized spacial score (nSPS) is 32.2. The number of benzene rings is 2. The molecule has 1 saturated heterocycles. The number of phenolic OH excluding ortho intramolecular Hbond substituents is 4. The highest BCUT2D eigenvalue weighted by atomic mass is 16.7. The molecule has 11 nitrogen and oxygen atoms in total. The van der Waals surface area contributed by atoms with Crippen LogP contribution in [-0.2, 0) is 9.47 Å². The maximum Gasteiger partial charge on any atom is 0.203 e. The first-order valence-electron chi connectivity index (χ1n) is 9.72. The van der Waals surface area contributed by atoms with Gasteiger partial charge in [0, 0.05) is 12.1 Å². The Kier molecular flexibility index (Phi) is 5.61. The molecular weight excluding hydrogens is 428 g/mol. The number of ether oxygens (including phenoxy) is 3. The van der Waals surface area contributed by atoms with Gasteiger partial charge in [-0.25, -0.2) is 0 Å². The quantitative estimate of drug-likeness (QED) is 0.313. The van der Waals surface area contributed by atoms with Gasteiger partial charge in [0.1, 0.15) is 41.1 Å². The molecule has 2 aliphatic heterocycles. The lowest BCUT2D eigenvalue weighted by molar-refractivity contribution is -0.304. The highest BCUT2D eigenvalue weighted by Crippen LogP contribution is 2.44. The number of aliphatic hydroxyl groups is 3. The number of aromatic hydroxyl groups is 4. The fourth-order valence-corrected chi connectivity index (χ4v) is 3.77. The van der Waals surface area contributed by atoms with Crippen LogP contribution in [0.25, 0.3) is 0 Å². The number of hydrogen-bond donors (Lipinski definition) is 7. The first kappa shape index (κ1) is 22.1. The summed E-state index contributed by atoms with van der Waals surface area (Å²) >= 11 is 0. The smallest absolute Gasteiger partial charge is 0.203 e. The van der Waals surface area contributed by atoms with Crippen LogP contribution in [0.2, 0.25) is 0 Å². The van der Waals surface area contributed by atoms with Gasteiger partial charge in [-0.2, -0.15) is 0 Å². The summed E-state index contributed by atoms with van der Waals surface area (Å²) in [6.07, 6.45) is -10.0. The third-order valence-corrected chi connectivity index (χ3v) is 5.52. The Labute approximate surface area is 181 Å². The van der Waals surface area contributed by atoms with E-state index in [4.69, 9.17) is 14.2 Å². The van der Waals surface area contributed by atoms with Gasteiger partial charge in [0.05, 0.1) is 6.10 Å². The minimum absolute atomic E-state index is 0.154. The molecule has 1 fully saturated rings. The van der Waals surface area contributed by atoms with Gasteiger partial charge in [-0.05, 0) is 24.6 Å². The van der Waals surface area contributed by atoms with Crippen LogP contribution in [0, 0.1) is 0 Å². The molecule has 2 aliphatic rings. The highest BCUT2D eigenvalue weighted by molar-refractivity contribution is 6.05. The van der Waals surface area contributed by atoms with Gasteiger partial charge in [-0.3, -0.25) is 4.79 Å². The number of carbonyl (C=O) groups excluding carboxylic acids is 1. The standard InChI is InChI=1S/C21H22O11/c1-7-15(26)17(28)18(29)21(30-7)32-20-16(27)14-12(25)5-9(22)6-13(14)31-19(20)8-2-3-10(23)11(24)4-8/h2-7,15,17-26,28-29H,1H3/t7-,15-,17-,18-,19-,20+,21-/m0/s1. The van der Waals surface area contributed by atoms with Gasteiger partial charge in [-0.1, -0.05) is 6.07 Å². The van der Waals surface area contributed by atoms with E-state index in [1.807, 2.05) is 0 Å². The number of ketones is 1. The zero-order valence-electron chi connectivity index (χ0n) is 16.7. The molecule has 0 amide bonds. The van der Waals surface area contributed by atoms with Gasteiger partial charge in [0.2, 0.25) is 5.78 Å². The summed E-state index contributed by atoms with van der Waals surface area (Å²) < 4.78 is 16.9. The van der Waals surface area contributed by atoms with Crippen LogP contribution in [-0.4, -0.2) is 78.3 Å². The average Bonchev–Trinajstić information content (AvgIpc) is 2.73. The summed E-state index contributed by atoms with van der Waals surface area (Å²) in [7, 11) is 0. The molecule has 11 heteroatoms. The van der Waals surface area contributed by atoms with E-state index < -0.39 is 65.9 Å². The number of fused-ring (bicyclic) bond motifs is 1. The van der Waals surface area contributed by atoms with E-state index >= 15 is 0 Å². The molecule has 7 atom stereocenters. The van der Waals surface area contributed by atoms with Gasteiger partial charge in [0.25, 0.3) is 0 Å². The van der Waals surface area contributed by atoms with Crippen LogP contribution in [0.4, 0.5) is 0 Å². The van der Waals surface area contributed by atoms with E-state index in [0.717, 1.165) is 18.2 Å². The molecule has 0 unspecified atom stereocenters. The Morgan fingerprint density at radius 2 is 1.59 bits per heavy atom. The third-order valence-electron chi connectivity index (χ3n) is 5.52. The van der Waals surface area contributed by atoms with Crippen LogP contribution in [0.1, 0.15) is 28.9 Å². The van der Waals surface area contributed by atoms with Crippen molar-refractivity contribution < 1.29 is 54.8 Å². The highest BCUT2D eigenvalue weighted by Gasteiger charge is 2.48. The number of Topliss-reactive ketones (excluding diaryl/α,β-unsaturated/α-hetero) is 1. The molecule has 7 N–H and O–H groups in total. The summed E-state index contributed by atoms with van der Waals surface area (Å²) in [5.74, 6) is -2.79. The zero-order valence-corrected chi connectivity index (χ0v) is 16.7. The van der Waals surface area contributed by atoms with Crippen molar-refractivity contribution in [1.29, 1.82) is 0 Å². The van der Waals surface area contributed by atoms with E-state index in [2.05, 4.69) is 0 Å². The van der Waals surface area contributed by atoms with Crippen LogP contribution in [0.3, 0.4) is 0 Å². The van der Waals surface area contributed by atoms with Crippen molar-refractivity contribution in [3.05, 3.63) is 41.5 Å². The fourth-order valence-electron chi connectivity index (χ4n) is 3.77. The maximum absolute atomic E-state index is 13.3. The van der Waals surface area contributed by atoms with Crippen molar-refractivity contribution in [3.8, 4) is 28.7 Å². The van der Waals surface area contributed by atoms with E-state index in [1.54, 1.807) is 0 Å². The molecule has 0 radical (unpaired) electrons. The average molecular weight is 450 g/mol. The molecule has 0 aliphatic carbocycles. The molecule has 0 saturated carbocycles. The van der Waals surface area contributed by atoms with Crippen molar-refractivity contribution in [2.24, 2.45) is 0 Å². The fraction of sp³-hybridized carbons (Fsp3) is 0.381. The Bertz CT molecular complexity index is 1040. The largest absolute Gasteiger partial charge is 0.508 e. The summed E-state index contributed by atoms with van der Waals surface area (Å²) in [6, 6.07) is 5.72. The topological polar surface area (TPSA) is 186 Å². The summed E-state index contributed by atoms with van der Waals surface area (Å²) in [4.78, 5) is 13.3. The van der Waals surface area contributed by atoms with Crippen LogP contribution in [0.5, 0.6) is 28.7 Å². The van der Waals surface area contributed by atoms with Gasteiger partial charge in [-0.15, -0.1) is 0 Å². The Morgan fingerprint density at radius 1 is 0.875 bits per heavy atom. The van der Waals surface area contributed by atoms with Gasteiger partial charge >= 0.3 is 0 Å². The van der Waals surface area contributed by atoms with Gasteiger partial charge in [0.15, 0.2) is 30.0 Å². The zero-order chi connectivity index (χ0) is 23.3. The molecule has 0 aromatic heterocycles. The van der Waals surface area contributed by atoms with Crippen molar-refractivity contribution in [3.63, 3.8) is 0 Å². The Morgan fingerprint density at radius 3 is 2.28 bits per heavy atom. The molecule has 0 bridgehead atoms. The number of aliphatic hydroxyl groups excluding tert-OH is 3.